The Labute approximate surface area is 128 Å². The van der Waals surface area contributed by atoms with Crippen LogP contribution >= 0.6 is 0 Å². The van der Waals surface area contributed by atoms with Crippen LogP contribution in [0.4, 0.5) is 11.4 Å². The van der Waals surface area contributed by atoms with E-state index in [0.29, 0.717) is 0 Å². The molecule has 0 bridgehead atoms. The number of amides is 1. The molecular weight excluding hydrogens is 260 g/mol. The Morgan fingerprint density at radius 2 is 1.71 bits per heavy atom. The number of nitrogens with zero attached hydrogens (tertiary/aromatic N) is 1. The van der Waals surface area contributed by atoms with Crippen LogP contribution in [0.2, 0.25) is 0 Å². The summed E-state index contributed by atoms with van der Waals surface area (Å²) in [5.74, 6) is 0.194. The third kappa shape index (κ3) is 4.23. The fraction of sp³-hybridized carbons (Fsp3) is 0.611. The number of benzene rings is 1. The summed E-state index contributed by atoms with van der Waals surface area (Å²) in [6.07, 6.45) is 8.93. The van der Waals surface area contributed by atoms with E-state index in [1.807, 2.05) is 30.0 Å². The number of rotatable bonds is 8. The van der Waals surface area contributed by atoms with Gasteiger partial charge in [0.1, 0.15) is 6.04 Å². The van der Waals surface area contributed by atoms with E-state index in [-0.39, 0.29) is 11.9 Å². The molecule has 3 heteroatoms. The van der Waals surface area contributed by atoms with Gasteiger partial charge in [0.05, 0.1) is 11.4 Å². The maximum absolute atomic E-state index is 12.4. The van der Waals surface area contributed by atoms with E-state index in [2.05, 4.69) is 18.3 Å². The summed E-state index contributed by atoms with van der Waals surface area (Å²) < 4.78 is 0. The normalized spacial score (nSPS) is 17.5. The van der Waals surface area contributed by atoms with Crippen LogP contribution in [0.3, 0.4) is 0 Å². The van der Waals surface area contributed by atoms with Crippen LogP contribution in [0.1, 0.15) is 58.8 Å². The van der Waals surface area contributed by atoms with E-state index in [9.17, 15) is 4.79 Å². The average Bonchev–Trinajstić information content (AvgIpc) is 2.50. The lowest BCUT2D eigenvalue weighted by Crippen LogP contribution is -2.46. The quantitative estimate of drug-likeness (QED) is 0.710. The van der Waals surface area contributed by atoms with Crippen LogP contribution in [-0.2, 0) is 4.79 Å². The SMILES string of the molecule is CCCCCCCCCN1C(=O)C(C)Nc2ccccc21. The second kappa shape index (κ2) is 8.06. The number of carbonyl (C=O) groups excluding carboxylic acids is 1. The molecule has 116 valence electrons. The highest BCUT2D eigenvalue weighted by Crippen LogP contribution is 2.31. The van der Waals surface area contributed by atoms with Gasteiger partial charge in [0, 0.05) is 6.54 Å². The number of hydrogen-bond donors (Lipinski definition) is 1. The molecule has 1 unspecified atom stereocenters. The van der Waals surface area contributed by atoms with Gasteiger partial charge < -0.3 is 10.2 Å². The van der Waals surface area contributed by atoms with Crippen LogP contribution < -0.4 is 10.2 Å². The predicted octanol–water partition coefficient (Wildman–Crippen LogP) is 4.58. The number of carbonyl (C=O) groups is 1. The molecule has 0 radical (unpaired) electrons. The molecule has 1 aliphatic heterocycles. The van der Waals surface area contributed by atoms with Gasteiger partial charge in [-0.3, -0.25) is 4.79 Å². The highest BCUT2D eigenvalue weighted by atomic mass is 16.2. The summed E-state index contributed by atoms with van der Waals surface area (Å²) in [5, 5.41) is 3.27. The molecule has 3 nitrogen and oxygen atoms in total. The summed E-state index contributed by atoms with van der Waals surface area (Å²) in [7, 11) is 0. The minimum atomic E-state index is -0.121. The van der Waals surface area contributed by atoms with E-state index in [4.69, 9.17) is 0 Å². The zero-order valence-corrected chi connectivity index (χ0v) is 13.4. The number of hydrogen-bond acceptors (Lipinski definition) is 2. The number of nitrogens with one attached hydrogen (secondary N) is 1. The predicted molar refractivity (Wildman–Crippen MR) is 89.9 cm³/mol. The first-order chi connectivity index (χ1) is 10.2. The molecule has 0 spiro atoms. The lowest BCUT2D eigenvalue weighted by Gasteiger charge is -2.34. The van der Waals surface area contributed by atoms with Crippen molar-refractivity contribution in [3.05, 3.63) is 24.3 Å². The van der Waals surface area contributed by atoms with Gasteiger partial charge in [0.2, 0.25) is 5.91 Å². The van der Waals surface area contributed by atoms with E-state index in [0.717, 1.165) is 24.3 Å². The Morgan fingerprint density at radius 3 is 2.48 bits per heavy atom. The van der Waals surface area contributed by atoms with Crippen LogP contribution in [0.25, 0.3) is 0 Å². The molecule has 21 heavy (non-hydrogen) atoms. The summed E-state index contributed by atoms with van der Waals surface area (Å²) in [5.41, 5.74) is 2.11. The average molecular weight is 288 g/mol. The first-order valence-corrected chi connectivity index (χ1v) is 8.41. The second-order valence-electron chi connectivity index (χ2n) is 5.99. The second-order valence-corrected chi connectivity index (χ2v) is 5.99. The van der Waals surface area contributed by atoms with Crippen molar-refractivity contribution in [1.82, 2.24) is 0 Å². The van der Waals surface area contributed by atoms with Crippen molar-refractivity contribution in [2.75, 3.05) is 16.8 Å². The van der Waals surface area contributed by atoms with E-state index < -0.39 is 0 Å². The summed E-state index contributed by atoms with van der Waals surface area (Å²) in [6, 6.07) is 7.98. The van der Waals surface area contributed by atoms with Gasteiger partial charge in [-0.1, -0.05) is 57.6 Å². The van der Waals surface area contributed by atoms with Crippen LogP contribution in [-0.4, -0.2) is 18.5 Å². The van der Waals surface area contributed by atoms with Crippen molar-refractivity contribution in [3.63, 3.8) is 0 Å². The Bertz CT molecular complexity index is 458. The van der Waals surface area contributed by atoms with E-state index in [1.54, 1.807) is 0 Å². The molecule has 1 heterocycles. The zero-order valence-electron chi connectivity index (χ0n) is 13.4. The molecule has 0 saturated carbocycles. The van der Waals surface area contributed by atoms with Crippen molar-refractivity contribution in [1.29, 1.82) is 0 Å². The maximum atomic E-state index is 12.4. The zero-order chi connectivity index (χ0) is 15.1. The lowest BCUT2D eigenvalue weighted by molar-refractivity contribution is -0.119. The Morgan fingerprint density at radius 1 is 1.05 bits per heavy atom. The molecule has 2 rings (SSSR count). The molecule has 0 aliphatic carbocycles. The van der Waals surface area contributed by atoms with Gasteiger partial charge in [-0.25, -0.2) is 0 Å². The number of anilines is 2. The molecule has 1 aromatic rings. The van der Waals surface area contributed by atoms with Crippen LogP contribution in [0.15, 0.2) is 24.3 Å². The molecule has 1 N–H and O–H groups in total. The third-order valence-corrected chi connectivity index (χ3v) is 4.19. The lowest BCUT2D eigenvalue weighted by atomic mass is 10.1. The molecule has 0 saturated heterocycles. The number of unbranched alkanes of at least 4 members (excludes halogenated alkanes) is 6. The first-order valence-electron chi connectivity index (χ1n) is 8.41. The number of fused-ring (bicyclic) bond motifs is 1. The molecule has 1 atom stereocenters. The molecule has 1 aromatic carbocycles. The van der Waals surface area contributed by atoms with Gasteiger partial charge in [0.15, 0.2) is 0 Å². The fourth-order valence-corrected chi connectivity index (χ4v) is 2.94. The van der Waals surface area contributed by atoms with Crippen LogP contribution in [0, 0.1) is 0 Å². The molecule has 1 aliphatic rings. The minimum Gasteiger partial charge on any atom is -0.372 e. The minimum absolute atomic E-state index is 0.121. The topological polar surface area (TPSA) is 32.3 Å². The van der Waals surface area contributed by atoms with Gasteiger partial charge >= 0.3 is 0 Å². The van der Waals surface area contributed by atoms with E-state index in [1.165, 1.54) is 38.5 Å². The van der Waals surface area contributed by atoms with Crippen molar-refractivity contribution in [3.8, 4) is 0 Å². The van der Waals surface area contributed by atoms with Crippen molar-refractivity contribution in [2.45, 2.75) is 64.8 Å². The summed E-state index contributed by atoms with van der Waals surface area (Å²) >= 11 is 0. The smallest absolute Gasteiger partial charge is 0.249 e. The summed E-state index contributed by atoms with van der Waals surface area (Å²) in [4.78, 5) is 14.3. The highest BCUT2D eigenvalue weighted by molar-refractivity contribution is 6.04. The molecule has 1 amide bonds. The highest BCUT2D eigenvalue weighted by Gasteiger charge is 2.28. The Hall–Kier alpha value is -1.51. The van der Waals surface area contributed by atoms with Crippen LogP contribution in [0.5, 0.6) is 0 Å². The Kier molecular flexibility index (Phi) is 6.09. The largest absolute Gasteiger partial charge is 0.372 e. The van der Waals surface area contributed by atoms with Gasteiger partial charge in [-0.05, 0) is 25.5 Å². The third-order valence-electron chi connectivity index (χ3n) is 4.19. The van der Waals surface area contributed by atoms with Crippen molar-refractivity contribution in [2.24, 2.45) is 0 Å². The van der Waals surface area contributed by atoms with Crippen molar-refractivity contribution >= 4 is 17.3 Å². The van der Waals surface area contributed by atoms with Crippen molar-refractivity contribution < 1.29 is 4.79 Å². The molecular formula is C18H28N2O. The van der Waals surface area contributed by atoms with Gasteiger partial charge in [0.25, 0.3) is 0 Å². The monoisotopic (exact) mass is 288 g/mol. The molecule has 0 aromatic heterocycles. The maximum Gasteiger partial charge on any atom is 0.249 e. The fourth-order valence-electron chi connectivity index (χ4n) is 2.94. The van der Waals surface area contributed by atoms with E-state index >= 15 is 0 Å². The van der Waals surface area contributed by atoms with Gasteiger partial charge in [-0.15, -0.1) is 0 Å². The first kappa shape index (κ1) is 15.9. The molecule has 0 fully saturated rings. The van der Waals surface area contributed by atoms with Gasteiger partial charge in [-0.2, -0.15) is 0 Å². The Balaban J connectivity index is 1.83. The standard InChI is InChI=1S/C18H28N2O/c1-3-4-5-6-7-8-11-14-20-17-13-10-9-12-16(17)19-15(2)18(20)21/h9-10,12-13,15,19H,3-8,11,14H2,1-2H3. The summed E-state index contributed by atoms with van der Waals surface area (Å²) in [6.45, 7) is 5.03. The number of para-hydroxylation sites is 2.